The number of nitrogens with zero attached hydrogens (tertiary/aromatic N) is 1. The van der Waals surface area contributed by atoms with Crippen molar-refractivity contribution in [3.63, 3.8) is 0 Å². The van der Waals surface area contributed by atoms with Crippen LogP contribution in [0.1, 0.15) is 18.4 Å². The van der Waals surface area contributed by atoms with Crippen molar-refractivity contribution < 1.29 is 12.8 Å². The highest BCUT2D eigenvalue weighted by molar-refractivity contribution is 7.89. The van der Waals surface area contributed by atoms with E-state index in [0.29, 0.717) is 13.0 Å². The SMILES string of the molecule is O=S(=O)(c1ccc(F)cc1)N1CCCC1Cc1ccccc1. The van der Waals surface area contributed by atoms with Crippen molar-refractivity contribution in [1.29, 1.82) is 0 Å². The summed E-state index contributed by atoms with van der Waals surface area (Å²) < 4.78 is 40.1. The van der Waals surface area contributed by atoms with Crippen LogP contribution in [0, 0.1) is 5.82 Å². The molecule has 0 N–H and O–H groups in total. The van der Waals surface area contributed by atoms with E-state index < -0.39 is 15.8 Å². The van der Waals surface area contributed by atoms with Crippen molar-refractivity contribution in [1.82, 2.24) is 4.31 Å². The molecule has 1 aliphatic rings. The molecular formula is C17H18FNO2S. The fourth-order valence-corrected chi connectivity index (χ4v) is 4.65. The molecule has 1 unspecified atom stereocenters. The third-order valence-electron chi connectivity index (χ3n) is 4.06. The zero-order chi connectivity index (χ0) is 15.6. The van der Waals surface area contributed by atoms with Gasteiger partial charge in [-0.2, -0.15) is 4.31 Å². The van der Waals surface area contributed by atoms with Crippen molar-refractivity contribution >= 4 is 10.0 Å². The van der Waals surface area contributed by atoms with E-state index in [-0.39, 0.29) is 10.9 Å². The summed E-state index contributed by atoms with van der Waals surface area (Å²) in [6, 6.07) is 14.9. The summed E-state index contributed by atoms with van der Waals surface area (Å²) >= 11 is 0. The summed E-state index contributed by atoms with van der Waals surface area (Å²) in [5, 5.41) is 0. The first-order valence-electron chi connectivity index (χ1n) is 7.39. The lowest BCUT2D eigenvalue weighted by molar-refractivity contribution is 0.385. The molecule has 1 aliphatic heterocycles. The first-order valence-corrected chi connectivity index (χ1v) is 8.83. The van der Waals surface area contributed by atoms with E-state index in [4.69, 9.17) is 0 Å². The van der Waals surface area contributed by atoms with Gasteiger partial charge in [-0.1, -0.05) is 30.3 Å². The molecule has 3 rings (SSSR count). The molecular weight excluding hydrogens is 301 g/mol. The second-order valence-electron chi connectivity index (χ2n) is 5.56. The fourth-order valence-electron chi connectivity index (χ4n) is 2.96. The van der Waals surface area contributed by atoms with Gasteiger partial charge in [-0.05, 0) is 49.1 Å². The van der Waals surface area contributed by atoms with Crippen LogP contribution in [0.4, 0.5) is 4.39 Å². The Hall–Kier alpha value is -1.72. The molecule has 0 spiro atoms. The number of halogens is 1. The van der Waals surface area contributed by atoms with Gasteiger partial charge in [-0.3, -0.25) is 0 Å². The summed E-state index contributed by atoms with van der Waals surface area (Å²) in [5.74, 6) is -0.429. The highest BCUT2D eigenvalue weighted by Crippen LogP contribution is 2.28. The van der Waals surface area contributed by atoms with E-state index in [0.717, 1.165) is 18.4 Å². The maximum atomic E-state index is 13.0. The van der Waals surface area contributed by atoms with Gasteiger partial charge in [0.15, 0.2) is 0 Å². The van der Waals surface area contributed by atoms with Gasteiger partial charge < -0.3 is 0 Å². The van der Waals surface area contributed by atoms with Crippen LogP contribution in [0.3, 0.4) is 0 Å². The Kier molecular flexibility index (Phi) is 4.27. The van der Waals surface area contributed by atoms with E-state index in [2.05, 4.69) is 0 Å². The number of benzene rings is 2. The smallest absolute Gasteiger partial charge is 0.207 e. The molecule has 0 bridgehead atoms. The minimum absolute atomic E-state index is 0.0301. The van der Waals surface area contributed by atoms with E-state index in [1.54, 1.807) is 4.31 Å². The fraction of sp³-hybridized carbons (Fsp3) is 0.294. The van der Waals surface area contributed by atoms with E-state index >= 15 is 0 Å². The molecule has 2 aromatic carbocycles. The summed E-state index contributed by atoms with van der Waals surface area (Å²) in [7, 11) is -3.56. The number of hydrogen-bond acceptors (Lipinski definition) is 2. The summed E-state index contributed by atoms with van der Waals surface area (Å²) in [5.41, 5.74) is 1.13. The van der Waals surface area contributed by atoms with Gasteiger partial charge in [0, 0.05) is 12.6 Å². The summed E-state index contributed by atoms with van der Waals surface area (Å²) in [6.07, 6.45) is 2.43. The van der Waals surface area contributed by atoms with Gasteiger partial charge in [0.2, 0.25) is 10.0 Å². The maximum Gasteiger partial charge on any atom is 0.243 e. The van der Waals surface area contributed by atoms with Crippen LogP contribution in [0.15, 0.2) is 59.5 Å². The molecule has 3 nitrogen and oxygen atoms in total. The first kappa shape index (κ1) is 15.2. The van der Waals surface area contributed by atoms with Crippen LogP contribution in [0.2, 0.25) is 0 Å². The first-order chi connectivity index (χ1) is 10.6. The third kappa shape index (κ3) is 3.05. The Balaban J connectivity index is 1.84. The molecule has 1 saturated heterocycles. The van der Waals surface area contributed by atoms with Crippen molar-refractivity contribution in [2.24, 2.45) is 0 Å². The molecule has 1 heterocycles. The molecule has 0 amide bonds. The second-order valence-corrected chi connectivity index (χ2v) is 7.45. The number of sulfonamides is 1. The Morgan fingerprint density at radius 1 is 1.05 bits per heavy atom. The average molecular weight is 319 g/mol. The lowest BCUT2D eigenvalue weighted by Crippen LogP contribution is -2.36. The molecule has 0 radical (unpaired) electrons. The molecule has 1 fully saturated rings. The highest BCUT2D eigenvalue weighted by atomic mass is 32.2. The quantitative estimate of drug-likeness (QED) is 0.868. The monoisotopic (exact) mass is 319 g/mol. The van der Waals surface area contributed by atoms with E-state index in [1.807, 2.05) is 30.3 Å². The van der Waals surface area contributed by atoms with Crippen molar-refractivity contribution in [3.05, 3.63) is 66.0 Å². The molecule has 0 aliphatic carbocycles. The van der Waals surface area contributed by atoms with Crippen molar-refractivity contribution in [2.75, 3.05) is 6.54 Å². The van der Waals surface area contributed by atoms with Crippen LogP contribution in [-0.4, -0.2) is 25.3 Å². The van der Waals surface area contributed by atoms with E-state index in [1.165, 1.54) is 24.3 Å². The van der Waals surface area contributed by atoms with Crippen molar-refractivity contribution in [2.45, 2.75) is 30.2 Å². The highest BCUT2D eigenvalue weighted by Gasteiger charge is 2.35. The topological polar surface area (TPSA) is 37.4 Å². The molecule has 0 saturated carbocycles. The normalized spacial score (nSPS) is 19.4. The molecule has 1 atom stereocenters. The third-order valence-corrected chi connectivity index (χ3v) is 6.02. The average Bonchev–Trinajstić information content (AvgIpc) is 2.98. The summed E-state index contributed by atoms with van der Waals surface area (Å²) in [6.45, 7) is 0.525. The lowest BCUT2D eigenvalue weighted by atomic mass is 10.1. The molecule has 2 aromatic rings. The maximum absolute atomic E-state index is 13.0. The lowest BCUT2D eigenvalue weighted by Gasteiger charge is -2.24. The van der Waals surface area contributed by atoms with Crippen molar-refractivity contribution in [3.8, 4) is 0 Å². The Morgan fingerprint density at radius 2 is 1.73 bits per heavy atom. The van der Waals surface area contributed by atoms with Crippen LogP contribution in [0.25, 0.3) is 0 Å². The van der Waals surface area contributed by atoms with E-state index in [9.17, 15) is 12.8 Å². The van der Waals surface area contributed by atoms with Crippen LogP contribution in [0.5, 0.6) is 0 Å². The minimum Gasteiger partial charge on any atom is -0.207 e. The Labute approximate surface area is 130 Å². The zero-order valence-corrected chi connectivity index (χ0v) is 13.0. The zero-order valence-electron chi connectivity index (χ0n) is 12.2. The Bertz CT molecular complexity index is 729. The van der Waals surface area contributed by atoms with Crippen LogP contribution < -0.4 is 0 Å². The molecule has 0 aromatic heterocycles. The van der Waals surface area contributed by atoms with Gasteiger partial charge in [-0.15, -0.1) is 0 Å². The largest absolute Gasteiger partial charge is 0.243 e. The van der Waals surface area contributed by atoms with Crippen LogP contribution in [-0.2, 0) is 16.4 Å². The number of hydrogen-bond donors (Lipinski definition) is 0. The Morgan fingerprint density at radius 3 is 2.41 bits per heavy atom. The molecule has 5 heteroatoms. The minimum atomic E-state index is -3.56. The van der Waals surface area contributed by atoms with Gasteiger partial charge in [0.05, 0.1) is 4.90 Å². The molecule has 116 valence electrons. The summed E-state index contributed by atoms with van der Waals surface area (Å²) in [4.78, 5) is 0.161. The van der Waals surface area contributed by atoms with Gasteiger partial charge in [0.1, 0.15) is 5.82 Å². The second kappa shape index (κ2) is 6.18. The number of rotatable bonds is 4. The predicted molar refractivity (Wildman–Crippen MR) is 83.5 cm³/mol. The predicted octanol–water partition coefficient (Wildman–Crippen LogP) is 3.22. The standard InChI is InChI=1S/C17H18FNO2S/c18-15-8-10-17(11-9-15)22(20,21)19-12-4-7-16(19)13-14-5-2-1-3-6-14/h1-3,5-6,8-11,16H,4,7,12-13H2. The van der Waals surface area contributed by atoms with Gasteiger partial charge in [0.25, 0.3) is 0 Å². The van der Waals surface area contributed by atoms with Gasteiger partial charge >= 0.3 is 0 Å². The molecule has 22 heavy (non-hydrogen) atoms. The van der Waals surface area contributed by atoms with Gasteiger partial charge in [-0.25, -0.2) is 12.8 Å². The van der Waals surface area contributed by atoms with Crippen LogP contribution >= 0.6 is 0 Å².